The van der Waals surface area contributed by atoms with Crippen LogP contribution in [0.15, 0.2) is 30.3 Å². The van der Waals surface area contributed by atoms with Crippen LogP contribution >= 0.6 is 0 Å². The van der Waals surface area contributed by atoms with E-state index in [9.17, 15) is 24.6 Å². The zero-order chi connectivity index (χ0) is 22.3. The van der Waals surface area contributed by atoms with Crippen LogP contribution in [0.4, 0.5) is 4.79 Å². The van der Waals surface area contributed by atoms with E-state index in [2.05, 4.69) is 5.32 Å². The zero-order valence-corrected chi connectivity index (χ0v) is 17.5. The van der Waals surface area contributed by atoms with Crippen LogP contribution < -0.4 is 5.32 Å². The van der Waals surface area contributed by atoms with Gasteiger partial charge in [0.15, 0.2) is 0 Å². The summed E-state index contributed by atoms with van der Waals surface area (Å²) in [7, 11) is 1.20. The first kappa shape index (κ1) is 23.6. The molecule has 1 aliphatic heterocycles. The van der Waals surface area contributed by atoms with Gasteiger partial charge in [0, 0.05) is 12.5 Å². The Morgan fingerprint density at radius 3 is 2.37 bits per heavy atom. The summed E-state index contributed by atoms with van der Waals surface area (Å²) >= 11 is 0. The summed E-state index contributed by atoms with van der Waals surface area (Å²) in [6.07, 6.45) is -0.513. The smallest absolute Gasteiger partial charge is 0.408 e. The Bertz CT molecular complexity index is 725. The standard InChI is InChI=1S/C21H30N2O7/c1-13(2)17(22-21(28)30-12-14-7-5-4-6-8-14)19(26)23-16(11-25)9-15(10-24)18(23)20(27)29-3/h4-8,13,15-18,24-25H,9-12H2,1-3H3,(H,22,28)/t15?,16?,17-,18-/m0/s1. The van der Waals surface area contributed by atoms with Crippen molar-refractivity contribution in [2.75, 3.05) is 20.3 Å². The Kier molecular flexibility index (Phi) is 8.61. The number of esters is 1. The van der Waals surface area contributed by atoms with E-state index in [0.29, 0.717) is 0 Å². The average Bonchev–Trinajstić information content (AvgIpc) is 3.14. The molecular weight excluding hydrogens is 392 g/mol. The highest BCUT2D eigenvalue weighted by Gasteiger charge is 2.49. The third-order valence-electron chi connectivity index (χ3n) is 5.28. The van der Waals surface area contributed by atoms with Crippen molar-refractivity contribution in [1.29, 1.82) is 0 Å². The first-order valence-electron chi connectivity index (χ1n) is 9.92. The monoisotopic (exact) mass is 422 g/mol. The highest BCUT2D eigenvalue weighted by Crippen LogP contribution is 2.32. The molecule has 1 fully saturated rings. The molecule has 0 aliphatic carbocycles. The molecule has 166 valence electrons. The maximum atomic E-state index is 13.3. The number of nitrogens with zero attached hydrogens (tertiary/aromatic N) is 1. The van der Waals surface area contributed by atoms with Crippen molar-refractivity contribution < 1.29 is 34.1 Å². The van der Waals surface area contributed by atoms with Crippen LogP contribution in [-0.4, -0.2) is 71.5 Å². The summed E-state index contributed by atoms with van der Waals surface area (Å²) in [6, 6.07) is 6.44. The van der Waals surface area contributed by atoms with E-state index in [0.717, 1.165) is 5.56 Å². The molecule has 1 aromatic carbocycles. The Balaban J connectivity index is 2.15. The second-order valence-electron chi connectivity index (χ2n) is 7.66. The number of alkyl carbamates (subject to hydrolysis) is 1. The van der Waals surface area contributed by atoms with Crippen LogP contribution in [0.1, 0.15) is 25.8 Å². The topological polar surface area (TPSA) is 125 Å². The molecule has 2 unspecified atom stereocenters. The van der Waals surface area contributed by atoms with Gasteiger partial charge in [-0.05, 0) is 17.9 Å². The number of hydrogen-bond acceptors (Lipinski definition) is 7. The van der Waals surface area contributed by atoms with Gasteiger partial charge in [-0.25, -0.2) is 9.59 Å². The summed E-state index contributed by atoms with van der Waals surface area (Å²) in [4.78, 5) is 39.2. The zero-order valence-electron chi connectivity index (χ0n) is 17.5. The van der Waals surface area contributed by atoms with E-state index in [1.54, 1.807) is 13.8 Å². The number of carbonyl (C=O) groups is 3. The Morgan fingerprint density at radius 1 is 1.17 bits per heavy atom. The van der Waals surface area contributed by atoms with E-state index >= 15 is 0 Å². The Labute approximate surface area is 176 Å². The number of hydrogen-bond donors (Lipinski definition) is 3. The van der Waals surface area contributed by atoms with Gasteiger partial charge in [0.05, 0.1) is 19.8 Å². The lowest BCUT2D eigenvalue weighted by Crippen LogP contribution is -2.57. The number of methoxy groups -OCH3 is 1. The van der Waals surface area contributed by atoms with Crippen molar-refractivity contribution in [3.05, 3.63) is 35.9 Å². The predicted molar refractivity (Wildman–Crippen MR) is 107 cm³/mol. The number of likely N-dealkylation sites (tertiary alicyclic amines) is 1. The molecule has 0 bridgehead atoms. The van der Waals surface area contributed by atoms with E-state index < -0.39 is 42.0 Å². The highest BCUT2D eigenvalue weighted by molar-refractivity contribution is 5.91. The molecule has 1 heterocycles. The lowest BCUT2D eigenvalue weighted by Gasteiger charge is -2.33. The van der Waals surface area contributed by atoms with Gasteiger partial charge in [0.2, 0.25) is 5.91 Å². The second kappa shape index (κ2) is 10.9. The predicted octanol–water partition coefficient (Wildman–Crippen LogP) is 0.681. The Morgan fingerprint density at radius 2 is 1.83 bits per heavy atom. The number of rotatable bonds is 8. The number of benzene rings is 1. The number of nitrogens with one attached hydrogen (secondary N) is 1. The molecule has 1 aromatic rings. The summed E-state index contributed by atoms with van der Waals surface area (Å²) in [5.41, 5.74) is 0.802. The maximum Gasteiger partial charge on any atom is 0.408 e. The fourth-order valence-electron chi connectivity index (χ4n) is 3.69. The van der Waals surface area contributed by atoms with Gasteiger partial charge in [0.25, 0.3) is 0 Å². The van der Waals surface area contributed by atoms with Gasteiger partial charge >= 0.3 is 12.1 Å². The normalized spacial score (nSPS) is 21.9. The van der Waals surface area contributed by atoms with Crippen molar-refractivity contribution in [3.63, 3.8) is 0 Å². The molecular formula is C21H30N2O7. The van der Waals surface area contributed by atoms with E-state index in [4.69, 9.17) is 9.47 Å². The molecule has 0 spiro atoms. The number of ether oxygens (including phenoxy) is 2. The van der Waals surface area contributed by atoms with Gasteiger partial charge in [-0.3, -0.25) is 4.79 Å². The molecule has 30 heavy (non-hydrogen) atoms. The van der Waals surface area contributed by atoms with Crippen molar-refractivity contribution >= 4 is 18.0 Å². The van der Waals surface area contributed by atoms with Gasteiger partial charge in [-0.15, -0.1) is 0 Å². The molecule has 2 amide bonds. The molecule has 0 aromatic heterocycles. The molecule has 9 nitrogen and oxygen atoms in total. The van der Waals surface area contributed by atoms with Gasteiger partial charge in [-0.1, -0.05) is 44.2 Å². The molecule has 0 saturated carbocycles. The molecule has 9 heteroatoms. The van der Waals surface area contributed by atoms with Crippen LogP contribution in [0.3, 0.4) is 0 Å². The summed E-state index contributed by atoms with van der Waals surface area (Å²) in [6.45, 7) is 2.84. The molecule has 3 N–H and O–H groups in total. The van der Waals surface area contributed by atoms with Gasteiger partial charge in [0.1, 0.15) is 18.7 Å². The maximum absolute atomic E-state index is 13.3. The molecule has 2 rings (SSSR count). The third-order valence-corrected chi connectivity index (χ3v) is 5.28. The van der Waals surface area contributed by atoms with Gasteiger partial charge < -0.3 is 29.9 Å². The van der Waals surface area contributed by atoms with Crippen molar-refractivity contribution in [1.82, 2.24) is 10.2 Å². The Hall–Kier alpha value is -2.65. The second-order valence-corrected chi connectivity index (χ2v) is 7.66. The fraction of sp³-hybridized carbons (Fsp3) is 0.571. The number of amides is 2. The highest BCUT2D eigenvalue weighted by atomic mass is 16.5. The minimum Gasteiger partial charge on any atom is -0.467 e. The molecule has 4 atom stereocenters. The summed E-state index contributed by atoms with van der Waals surface area (Å²) in [5, 5.41) is 22.0. The average molecular weight is 422 g/mol. The third kappa shape index (κ3) is 5.48. The lowest BCUT2D eigenvalue weighted by atomic mass is 9.99. The number of aliphatic hydroxyl groups excluding tert-OH is 2. The fourth-order valence-corrected chi connectivity index (χ4v) is 3.69. The van der Waals surface area contributed by atoms with E-state index in [-0.39, 0.29) is 32.2 Å². The van der Waals surface area contributed by atoms with Crippen molar-refractivity contribution in [3.8, 4) is 0 Å². The largest absolute Gasteiger partial charge is 0.467 e. The van der Waals surface area contributed by atoms with Crippen molar-refractivity contribution in [2.24, 2.45) is 11.8 Å². The minimum absolute atomic E-state index is 0.0476. The minimum atomic E-state index is -1.03. The van der Waals surface area contributed by atoms with Crippen LogP contribution in [0.2, 0.25) is 0 Å². The van der Waals surface area contributed by atoms with E-state index in [1.807, 2.05) is 30.3 Å². The first-order chi connectivity index (χ1) is 14.3. The van der Waals surface area contributed by atoms with E-state index in [1.165, 1.54) is 12.0 Å². The summed E-state index contributed by atoms with van der Waals surface area (Å²) < 4.78 is 10.0. The van der Waals surface area contributed by atoms with Crippen molar-refractivity contribution in [2.45, 2.75) is 45.0 Å². The quantitative estimate of drug-likeness (QED) is 0.526. The first-order valence-corrected chi connectivity index (χ1v) is 9.92. The molecule has 1 aliphatic rings. The van der Waals surface area contributed by atoms with Crippen LogP contribution in [0.5, 0.6) is 0 Å². The van der Waals surface area contributed by atoms with Gasteiger partial charge in [-0.2, -0.15) is 0 Å². The van der Waals surface area contributed by atoms with Crippen LogP contribution in [0, 0.1) is 11.8 Å². The number of aliphatic hydroxyl groups is 2. The SMILES string of the molecule is COC(=O)[C@@H]1C(CO)CC(CO)N1C(=O)[C@@H](NC(=O)OCc1ccccc1)C(C)C. The number of carbonyl (C=O) groups excluding carboxylic acids is 3. The van der Waals surface area contributed by atoms with Crippen LogP contribution in [-0.2, 0) is 25.7 Å². The molecule has 1 saturated heterocycles. The molecule has 0 radical (unpaired) electrons. The summed E-state index contributed by atoms with van der Waals surface area (Å²) in [5.74, 6) is -2.08. The van der Waals surface area contributed by atoms with Crippen LogP contribution in [0.25, 0.3) is 0 Å². The lowest BCUT2D eigenvalue weighted by molar-refractivity contribution is -0.155.